The summed E-state index contributed by atoms with van der Waals surface area (Å²) < 4.78 is 5.50. The van der Waals surface area contributed by atoms with Crippen molar-refractivity contribution in [2.75, 3.05) is 0 Å². The quantitative estimate of drug-likeness (QED) is 0.0358. The van der Waals surface area contributed by atoms with Crippen LogP contribution in [0.2, 0.25) is 0 Å². The highest BCUT2D eigenvalue weighted by molar-refractivity contribution is 5.84. The van der Waals surface area contributed by atoms with E-state index in [9.17, 15) is 19.2 Å². The molecule has 278 valence electrons. The maximum Gasteiger partial charge on any atom is 0.326 e. The number of esters is 1. The van der Waals surface area contributed by atoms with Crippen molar-refractivity contribution >= 4 is 23.8 Å². The van der Waals surface area contributed by atoms with E-state index in [0.29, 0.717) is 12.8 Å². The molecular weight excluding hydrogens is 616 g/mol. The molecule has 4 N–H and O–H groups in total. The monoisotopic (exact) mass is 685 g/mol. The summed E-state index contributed by atoms with van der Waals surface area (Å²) >= 11 is 0. The van der Waals surface area contributed by atoms with Crippen molar-refractivity contribution in [2.24, 2.45) is 5.73 Å². The second-order valence-corrected chi connectivity index (χ2v) is 12.8. The Morgan fingerprint density at radius 3 is 1.63 bits per heavy atom. The van der Waals surface area contributed by atoms with Crippen molar-refractivity contribution in [1.29, 1.82) is 0 Å². The highest BCUT2D eigenvalue weighted by atomic mass is 16.5. The van der Waals surface area contributed by atoms with E-state index < -0.39 is 17.9 Å². The van der Waals surface area contributed by atoms with Gasteiger partial charge in [-0.25, -0.2) is 4.79 Å². The third-order valence-electron chi connectivity index (χ3n) is 8.02. The molecule has 49 heavy (non-hydrogen) atoms. The van der Waals surface area contributed by atoms with Crippen LogP contribution in [-0.4, -0.2) is 41.0 Å². The summed E-state index contributed by atoms with van der Waals surface area (Å²) in [5.41, 5.74) is 5.05. The number of allylic oxidation sites excluding steroid dienone is 9. The Kier molecular flexibility index (Phi) is 32.0. The molecule has 0 aromatic carbocycles. The lowest BCUT2D eigenvalue weighted by Crippen LogP contribution is -2.41. The highest BCUT2D eigenvalue weighted by Gasteiger charge is 2.20. The summed E-state index contributed by atoms with van der Waals surface area (Å²) in [6.45, 7) is 4.14. The van der Waals surface area contributed by atoms with E-state index in [1.807, 2.05) is 19.1 Å². The number of carbonyl (C=O) groups is 4. The van der Waals surface area contributed by atoms with Crippen LogP contribution in [0.1, 0.15) is 162 Å². The number of hydrogen-bond acceptors (Lipinski definition) is 5. The van der Waals surface area contributed by atoms with Gasteiger partial charge < -0.3 is 20.9 Å². The zero-order chi connectivity index (χ0) is 36.2. The molecule has 0 aliphatic carbocycles. The third-order valence-corrected chi connectivity index (χ3v) is 8.02. The van der Waals surface area contributed by atoms with E-state index in [1.165, 1.54) is 44.9 Å². The topological polar surface area (TPSA) is 136 Å². The number of amides is 2. The van der Waals surface area contributed by atoms with E-state index in [2.05, 4.69) is 60.8 Å². The molecular formula is C41H68N2O6. The lowest BCUT2D eigenvalue weighted by atomic mass is 10.1. The second kappa shape index (κ2) is 34.4. The number of carboxylic acids is 1. The number of nitrogens with one attached hydrogen (secondary N) is 1. The number of aliphatic carboxylic acids is 1. The lowest BCUT2D eigenvalue weighted by Gasteiger charge is -2.13. The molecule has 8 nitrogen and oxygen atoms in total. The first-order valence-corrected chi connectivity index (χ1v) is 19.0. The molecule has 8 heteroatoms. The summed E-state index contributed by atoms with van der Waals surface area (Å²) in [5.74, 6) is -2.16. The number of nitrogens with two attached hydrogens (primary N) is 1. The van der Waals surface area contributed by atoms with E-state index in [4.69, 9.17) is 15.6 Å². The lowest BCUT2D eigenvalue weighted by molar-refractivity contribution is -0.146. The molecule has 1 unspecified atom stereocenters. The van der Waals surface area contributed by atoms with Crippen LogP contribution in [0.15, 0.2) is 60.8 Å². The van der Waals surface area contributed by atoms with Crippen molar-refractivity contribution in [3.8, 4) is 0 Å². The van der Waals surface area contributed by atoms with E-state index in [0.717, 1.165) is 70.6 Å². The Labute approximate surface area is 297 Å². The Morgan fingerprint density at radius 2 is 1.10 bits per heavy atom. The summed E-state index contributed by atoms with van der Waals surface area (Å²) in [6, 6.07) is -1.07. The molecule has 0 saturated heterocycles. The first kappa shape index (κ1) is 45.6. The van der Waals surface area contributed by atoms with E-state index in [1.54, 1.807) is 0 Å². The van der Waals surface area contributed by atoms with Gasteiger partial charge in [0.2, 0.25) is 11.8 Å². The standard InChI is InChI=1S/C41H68N2O6/c1-3-4-5-6-7-8-9-10-11-15-18-21-24-27-30-33-40(46)49-36(2)31-28-25-22-19-16-13-12-14-17-20-23-26-29-32-39(45)43-37(41(47)48)34-35-38(42)44/h7-8,10-13,19,22,28,31,36-37H,3-6,9,14-18,20-21,23-27,29-30,32-35H2,1-2H3,(H2,42,44)(H,43,45)(H,47,48)/b8-7-,11-10-,13-12-,22-19-,31-28-/t36?,37-/m0/s1. The molecule has 0 aromatic heterocycles. The van der Waals surface area contributed by atoms with Crippen molar-refractivity contribution < 1.29 is 29.0 Å². The Morgan fingerprint density at radius 1 is 0.633 bits per heavy atom. The summed E-state index contributed by atoms with van der Waals surface area (Å²) in [6.07, 6.45) is 42.6. The van der Waals surface area contributed by atoms with Gasteiger partial charge in [-0.1, -0.05) is 113 Å². The Balaban J connectivity index is 3.68. The van der Waals surface area contributed by atoms with Crippen LogP contribution in [0.25, 0.3) is 0 Å². The third kappa shape index (κ3) is 34.2. The van der Waals surface area contributed by atoms with Crippen molar-refractivity contribution in [2.45, 2.75) is 174 Å². The molecule has 0 aliphatic heterocycles. The second-order valence-electron chi connectivity index (χ2n) is 12.8. The zero-order valence-electron chi connectivity index (χ0n) is 30.8. The van der Waals surface area contributed by atoms with Gasteiger partial charge in [-0.15, -0.1) is 0 Å². The van der Waals surface area contributed by atoms with Crippen molar-refractivity contribution in [3.63, 3.8) is 0 Å². The number of hydrogen-bond donors (Lipinski definition) is 3. The Hall–Kier alpha value is -3.42. The molecule has 0 aromatic rings. The molecule has 2 amide bonds. The minimum Gasteiger partial charge on any atom is -0.480 e. The normalized spacial score (nSPS) is 13.3. The predicted molar refractivity (Wildman–Crippen MR) is 202 cm³/mol. The van der Waals surface area contributed by atoms with E-state index in [-0.39, 0.29) is 37.2 Å². The van der Waals surface area contributed by atoms with Gasteiger partial charge in [-0.05, 0) is 90.0 Å². The van der Waals surface area contributed by atoms with Gasteiger partial charge in [0.05, 0.1) is 0 Å². The first-order chi connectivity index (χ1) is 23.8. The largest absolute Gasteiger partial charge is 0.480 e. The Bertz CT molecular complexity index is 1010. The van der Waals surface area contributed by atoms with Gasteiger partial charge in [-0.2, -0.15) is 0 Å². The van der Waals surface area contributed by atoms with Gasteiger partial charge in [0.25, 0.3) is 0 Å². The number of unbranched alkanes of at least 4 members (excludes halogenated alkanes) is 13. The molecule has 2 atom stereocenters. The van der Waals surface area contributed by atoms with Crippen LogP contribution in [0.5, 0.6) is 0 Å². The van der Waals surface area contributed by atoms with Gasteiger partial charge in [0.1, 0.15) is 12.1 Å². The van der Waals surface area contributed by atoms with Crippen LogP contribution < -0.4 is 11.1 Å². The van der Waals surface area contributed by atoms with Crippen LogP contribution in [0.3, 0.4) is 0 Å². The van der Waals surface area contributed by atoms with Gasteiger partial charge in [0, 0.05) is 19.3 Å². The van der Waals surface area contributed by atoms with Gasteiger partial charge >= 0.3 is 11.9 Å². The molecule has 0 radical (unpaired) electrons. The fourth-order valence-corrected chi connectivity index (χ4v) is 5.11. The molecule has 0 fully saturated rings. The number of carboxylic acid groups (broad SMARTS) is 1. The van der Waals surface area contributed by atoms with Crippen LogP contribution in [-0.2, 0) is 23.9 Å². The first-order valence-electron chi connectivity index (χ1n) is 19.0. The summed E-state index contributed by atoms with van der Waals surface area (Å²) in [4.78, 5) is 46.1. The fourth-order valence-electron chi connectivity index (χ4n) is 5.11. The number of rotatable bonds is 33. The number of primary amides is 1. The van der Waals surface area contributed by atoms with Gasteiger partial charge in [-0.3, -0.25) is 14.4 Å². The van der Waals surface area contributed by atoms with Crippen molar-refractivity contribution in [3.05, 3.63) is 60.8 Å². The molecule has 0 saturated carbocycles. The van der Waals surface area contributed by atoms with Crippen LogP contribution in [0.4, 0.5) is 0 Å². The fraction of sp³-hybridized carbons (Fsp3) is 0.659. The highest BCUT2D eigenvalue weighted by Crippen LogP contribution is 2.11. The predicted octanol–water partition coefficient (Wildman–Crippen LogP) is 9.75. The van der Waals surface area contributed by atoms with Crippen molar-refractivity contribution in [1.82, 2.24) is 5.32 Å². The average Bonchev–Trinajstić information content (AvgIpc) is 3.06. The minimum absolute atomic E-state index is 0.00628. The molecule has 0 heterocycles. The molecule has 0 spiro atoms. The molecule has 0 bridgehead atoms. The number of ether oxygens (including phenoxy) is 1. The SMILES string of the molecule is CCCCC/C=C\C/C=C\CCCCCCCC(=O)OC(C)/C=C\C/C=C\C/C=C\CCCCCCCC(=O)N[C@@H](CCC(N)=O)C(=O)O. The maximum absolute atomic E-state index is 12.1. The van der Waals surface area contributed by atoms with E-state index >= 15 is 0 Å². The van der Waals surface area contributed by atoms with Gasteiger partial charge in [0.15, 0.2) is 0 Å². The minimum atomic E-state index is -1.16. The number of carbonyl (C=O) groups excluding carboxylic acids is 3. The smallest absolute Gasteiger partial charge is 0.326 e. The average molecular weight is 685 g/mol. The summed E-state index contributed by atoms with van der Waals surface area (Å²) in [7, 11) is 0. The zero-order valence-corrected chi connectivity index (χ0v) is 30.8. The summed E-state index contributed by atoms with van der Waals surface area (Å²) in [5, 5.41) is 11.6. The van der Waals surface area contributed by atoms with Crippen LogP contribution in [0, 0.1) is 0 Å². The molecule has 0 rings (SSSR count). The van der Waals surface area contributed by atoms with Crippen LogP contribution >= 0.6 is 0 Å². The molecule has 0 aliphatic rings. The maximum atomic E-state index is 12.1.